The maximum absolute atomic E-state index is 5.79. The van der Waals surface area contributed by atoms with Gasteiger partial charge in [0.15, 0.2) is 5.65 Å². The van der Waals surface area contributed by atoms with Crippen LogP contribution in [0.15, 0.2) is 12.1 Å². The molecule has 4 nitrogen and oxygen atoms in total. The summed E-state index contributed by atoms with van der Waals surface area (Å²) in [6.07, 6.45) is 6.44. The fourth-order valence-corrected chi connectivity index (χ4v) is 2.65. The van der Waals surface area contributed by atoms with E-state index in [1.807, 2.05) is 12.1 Å². The Balaban J connectivity index is 1.95. The summed E-state index contributed by atoms with van der Waals surface area (Å²) in [5, 5.41) is 0. The molecule has 2 saturated carbocycles. The summed E-state index contributed by atoms with van der Waals surface area (Å²) >= 11 is 0. The zero-order chi connectivity index (χ0) is 11.4. The van der Waals surface area contributed by atoms with E-state index in [0.29, 0.717) is 17.8 Å². The smallest absolute Gasteiger partial charge is 0.162 e. The van der Waals surface area contributed by atoms with Gasteiger partial charge in [0.2, 0.25) is 0 Å². The van der Waals surface area contributed by atoms with Crippen molar-refractivity contribution in [2.45, 2.75) is 44.1 Å². The van der Waals surface area contributed by atoms with E-state index in [4.69, 9.17) is 10.7 Å². The van der Waals surface area contributed by atoms with Crippen LogP contribution in [0.4, 0.5) is 5.82 Å². The lowest BCUT2D eigenvalue weighted by molar-refractivity contribution is 0.389. The summed E-state index contributed by atoms with van der Waals surface area (Å²) < 4.78 is 2.36. The van der Waals surface area contributed by atoms with Crippen molar-refractivity contribution in [1.82, 2.24) is 14.5 Å². The fourth-order valence-electron chi connectivity index (χ4n) is 2.65. The minimum atomic E-state index is 0.597. The summed E-state index contributed by atoms with van der Waals surface area (Å²) in [5.41, 5.74) is 7.80. The first kappa shape index (κ1) is 9.45. The van der Waals surface area contributed by atoms with Crippen LogP contribution in [0, 0.1) is 0 Å². The first-order chi connectivity index (χ1) is 8.33. The van der Waals surface area contributed by atoms with E-state index < -0.39 is 0 Å². The van der Waals surface area contributed by atoms with Crippen LogP contribution >= 0.6 is 0 Å². The molecule has 2 heterocycles. The lowest BCUT2D eigenvalue weighted by Crippen LogP contribution is -2.15. The average Bonchev–Trinajstić information content (AvgIpc) is 2.99. The number of imidazole rings is 1. The van der Waals surface area contributed by atoms with E-state index in [9.17, 15) is 0 Å². The van der Waals surface area contributed by atoms with Crippen molar-refractivity contribution in [3.05, 3.63) is 18.0 Å². The largest absolute Gasteiger partial charge is 0.384 e. The van der Waals surface area contributed by atoms with Crippen molar-refractivity contribution in [2.75, 3.05) is 5.73 Å². The van der Waals surface area contributed by atoms with Crippen molar-refractivity contribution >= 4 is 17.0 Å². The van der Waals surface area contributed by atoms with E-state index in [1.54, 1.807) is 0 Å². The molecule has 2 N–H and O–H groups in total. The zero-order valence-corrected chi connectivity index (χ0v) is 9.76. The summed E-state index contributed by atoms with van der Waals surface area (Å²) in [6, 6.07) is 4.47. The molecule has 0 radical (unpaired) electrons. The van der Waals surface area contributed by atoms with Gasteiger partial charge >= 0.3 is 0 Å². The lowest BCUT2D eigenvalue weighted by Gasteiger charge is -2.25. The predicted molar refractivity (Wildman–Crippen MR) is 66.8 cm³/mol. The Morgan fingerprint density at radius 2 is 1.94 bits per heavy atom. The lowest BCUT2D eigenvalue weighted by atomic mass is 9.85. The number of anilines is 1. The van der Waals surface area contributed by atoms with E-state index in [1.165, 1.54) is 37.9 Å². The number of pyridine rings is 1. The van der Waals surface area contributed by atoms with E-state index in [-0.39, 0.29) is 0 Å². The van der Waals surface area contributed by atoms with Crippen LogP contribution in [0.25, 0.3) is 11.2 Å². The number of rotatable bonds is 2. The van der Waals surface area contributed by atoms with Crippen LogP contribution in [-0.4, -0.2) is 14.5 Å². The average molecular weight is 228 g/mol. The van der Waals surface area contributed by atoms with Gasteiger partial charge in [0.1, 0.15) is 17.2 Å². The highest BCUT2D eigenvalue weighted by molar-refractivity contribution is 5.74. The molecule has 2 aliphatic carbocycles. The number of aromatic nitrogens is 3. The highest BCUT2D eigenvalue weighted by Crippen LogP contribution is 2.44. The van der Waals surface area contributed by atoms with Gasteiger partial charge < -0.3 is 10.3 Å². The van der Waals surface area contributed by atoms with Gasteiger partial charge in [0.25, 0.3) is 0 Å². The first-order valence-corrected chi connectivity index (χ1v) is 6.47. The fraction of sp³-hybridized carbons (Fsp3) is 0.538. The molecule has 2 fully saturated rings. The molecule has 2 aromatic rings. The highest BCUT2D eigenvalue weighted by Gasteiger charge is 2.33. The molecule has 0 saturated heterocycles. The van der Waals surface area contributed by atoms with E-state index in [0.717, 1.165) is 11.2 Å². The molecule has 0 aromatic carbocycles. The SMILES string of the molecule is Nc1ccc2nc(C3CCC3)n(C3CC3)c2n1. The van der Waals surface area contributed by atoms with Crippen molar-refractivity contribution in [2.24, 2.45) is 0 Å². The third kappa shape index (κ3) is 1.36. The van der Waals surface area contributed by atoms with E-state index >= 15 is 0 Å². The van der Waals surface area contributed by atoms with E-state index in [2.05, 4.69) is 9.55 Å². The molecular weight excluding hydrogens is 212 g/mol. The number of nitrogen functional groups attached to an aromatic ring is 1. The Morgan fingerprint density at radius 1 is 1.12 bits per heavy atom. The molecule has 0 spiro atoms. The van der Waals surface area contributed by atoms with Gasteiger partial charge in [0.05, 0.1) is 0 Å². The molecule has 2 aliphatic rings. The number of fused-ring (bicyclic) bond motifs is 1. The van der Waals surface area contributed by atoms with Crippen LogP contribution in [0.1, 0.15) is 49.9 Å². The summed E-state index contributed by atoms with van der Waals surface area (Å²) in [6.45, 7) is 0. The van der Waals surface area contributed by atoms with Gasteiger partial charge in [-0.05, 0) is 37.8 Å². The number of nitrogens with zero attached hydrogens (tertiary/aromatic N) is 3. The number of nitrogens with two attached hydrogens (primary N) is 1. The molecule has 0 aliphatic heterocycles. The molecule has 0 amide bonds. The molecule has 0 atom stereocenters. The first-order valence-electron chi connectivity index (χ1n) is 6.47. The van der Waals surface area contributed by atoms with Gasteiger partial charge in [-0.25, -0.2) is 9.97 Å². The Kier molecular flexibility index (Phi) is 1.79. The Morgan fingerprint density at radius 3 is 2.59 bits per heavy atom. The van der Waals surface area contributed by atoms with Crippen molar-refractivity contribution < 1.29 is 0 Å². The van der Waals surface area contributed by atoms with Gasteiger partial charge in [-0.15, -0.1) is 0 Å². The number of hydrogen-bond acceptors (Lipinski definition) is 3. The molecule has 0 unspecified atom stereocenters. The second kappa shape index (κ2) is 3.22. The third-order valence-electron chi connectivity index (χ3n) is 3.97. The molecule has 88 valence electrons. The van der Waals surface area contributed by atoms with Gasteiger partial charge in [-0.3, -0.25) is 0 Å². The molecule has 4 rings (SSSR count). The molecule has 0 bridgehead atoms. The van der Waals surface area contributed by atoms with Crippen molar-refractivity contribution in [1.29, 1.82) is 0 Å². The minimum absolute atomic E-state index is 0.597. The highest BCUT2D eigenvalue weighted by atomic mass is 15.2. The van der Waals surface area contributed by atoms with Crippen LogP contribution in [0.2, 0.25) is 0 Å². The molecular formula is C13H16N4. The second-order valence-corrected chi connectivity index (χ2v) is 5.28. The predicted octanol–water partition coefficient (Wildman–Crippen LogP) is 2.62. The van der Waals surface area contributed by atoms with Crippen molar-refractivity contribution in [3.8, 4) is 0 Å². The standard InChI is InChI=1S/C13H16N4/c14-11-7-6-10-13(16-11)17(9-4-5-9)12(15-10)8-2-1-3-8/h6-9H,1-5H2,(H2,14,16). The summed E-state index contributed by atoms with van der Waals surface area (Å²) in [4.78, 5) is 9.26. The van der Waals surface area contributed by atoms with Gasteiger partial charge in [-0.2, -0.15) is 0 Å². The van der Waals surface area contributed by atoms with Crippen LogP contribution < -0.4 is 5.73 Å². The molecule has 17 heavy (non-hydrogen) atoms. The minimum Gasteiger partial charge on any atom is -0.384 e. The monoisotopic (exact) mass is 228 g/mol. The normalized spacial score (nSPS) is 20.7. The molecule has 4 heteroatoms. The Labute approximate surface area is 99.9 Å². The van der Waals surface area contributed by atoms with Crippen LogP contribution in [0.5, 0.6) is 0 Å². The Bertz CT molecular complexity index is 578. The maximum Gasteiger partial charge on any atom is 0.162 e. The topological polar surface area (TPSA) is 56.7 Å². The van der Waals surface area contributed by atoms with Gasteiger partial charge in [0, 0.05) is 12.0 Å². The van der Waals surface area contributed by atoms with Gasteiger partial charge in [-0.1, -0.05) is 6.42 Å². The third-order valence-corrected chi connectivity index (χ3v) is 3.97. The second-order valence-electron chi connectivity index (χ2n) is 5.28. The molecule has 2 aromatic heterocycles. The zero-order valence-electron chi connectivity index (χ0n) is 9.76. The maximum atomic E-state index is 5.79. The number of hydrogen-bond donors (Lipinski definition) is 1. The van der Waals surface area contributed by atoms with Crippen LogP contribution in [0.3, 0.4) is 0 Å². The summed E-state index contributed by atoms with van der Waals surface area (Å²) in [5.74, 6) is 2.51. The Hall–Kier alpha value is -1.58. The summed E-state index contributed by atoms with van der Waals surface area (Å²) in [7, 11) is 0. The van der Waals surface area contributed by atoms with Crippen LogP contribution in [-0.2, 0) is 0 Å². The van der Waals surface area contributed by atoms with Crippen molar-refractivity contribution in [3.63, 3.8) is 0 Å². The quantitative estimate of drug-likeness (QED) is 0.859.